The van der Waals surface area contributed by atoms with Gasteiger partial charge in [-0.1, -0.05) is 26.7 Å². The van der Waals surface area contributed by atoms with Crippen LogP contribution in [-0.2, 0) is 22.4 Å². The van der Waals surface area contributed by atoms with Crippen LogP contribution in [0.25, 0.3) is 0 Å². The van der Waals surface area contributed by atoms with Gasteiger partial charge in [0, 0.05) is 10.8 Å². The van der Waals surface area contributed by atoms with Crippen molar-refractivity contribution in [3.05, 3.63) is 16.0 Å². The van der Waals surface area contributed by atoms with Gasteiger partial charge in [0.25, 0.3) is 0 Å². The average molecular weight is 323 g/mol. The average Bonchev–Trinajstić information content (AvgIpc) is 2.76. The molecule has 0 fully saturated rings. The number of hydrogen-bond acceptors (Lipinski definition) is 4. The summed E-state index contributed by atoms with van der Waals surface area (Å²) in [5.41, 5.74) is 1.69. The molecule has 5 heteroatoms. The van der Waals surface area contributed by atoms with Crippen molar-refractivity contribution in [1.29, 1.82) is 0 Å². The molecular weight excluding hydrogens is 298 g/mol. The van der Waals surface area contributed by atoms with Crippen molar-refractivity contribution >= 4 is 28.2 Å². The summed E-state index contributed by atoms with van der Waals surface area (Å²) in [5, 5.41) is 3.60. The summed E-state index contributed by atoms with van der Waals surface area (Å²) in [7, 11) is 0. The Bertz CT molecular complexity index is 548. The Morgan fingerprint density at radius 2 is 1.86 bits per heavy atom. The van der Waals surface area contributed by atoms with Crippen molar-refractivity contribution in [3.63, 3.8) is 0 Å². The Hall–Kier alpha value is -1.36. The summed E-state index contributed by atoms with van der Waals surface area (Å²) in [6.45, 7) is 5.85. The number of rotatable bonds is 4. The van der Waals surface area contributed by atoms with E-state index in [4.69, 9.17) is 4.74 Å². The SMILES string of the molecule is CCOC(=O)c1c(NC(=O)C(C)C)sc2c1CCCCCC2. The van der Waals surface area contributed by atoms with Gasteiger partial charge in [0.15, 0.2) is 0 Å². The second-order valence-corrected chi connectivity index (χ2v) is 7.09. The quantitative estimate of drug-likeness (QED) is 0.846. The molecule has 1 aliphatic rings. The summed E-state index contributed by atoms with van der Waals surface area (Å²) in [6, 6.07) is 0. The predicted octanol–water partition coefficient (Wildman–Crippen LogP) is 4.18. The van der Waals surface area contributed by atoms with Crippen molar-refractivity contribution in [2.75, 3.05) is 11.9 Å². The summed E-state index contributed by atoms with van der Waals surface area (Å²) in [4.78, 5) is 25.7. The van der Waals surface area contributed by atoms with Crippen LogP contribution in [0.15, 0.2) is 0 Å². The van der Waals surface area contributed by atoms with Gasteiger partial charge in [0.05, 0.1) is 12.2 Å². The number of thiophene rings is 1. The zero-order valence-corrected chi connectivity index (χ0v) is 14.5. The molecule has 0 unspecified atom stereocenters. The van der Waals surface area contributed by atoms with E-state index >= 15 is 0 Å². The largest absolute Gasteiger partial charge is 0.462 e. The van der Waals surface area contributed by atoms with Gasteiger partial charge in [-0.15, -0.1) is 11.3 Å². The highest BCUT2D eigenvalue weighted by Crippen LogP contribution is 2.37. The van der Waals surface area contributed by atoms with Crippen molar-refractivity contribution in [1.82, 2.24) is 0 Å². The lowest BCUT2D eigenvalue weighted by Crippen LogP contribution is -2.19. The minimum Gasteiger partial charge on any atom is -0.462 e. The van der Waals surface area contributed by atoms with Crippen LogP contribution in [0, 0.1) is 5.92 Å². The first-order valence-electron chi connectivity index (χ1n) is 8.17. The molecule has 1 amide bonds. The molecule has 1 aromatic rings. The molecule has 0 saturated carbocycles. The van der Waals surface area contributed by atoms with E-state index in [1.54, 1.807) is 18.3 Å². The number of anilines is 1. The monoisotopic (exact) mass is 323 g/mol. The highest BCUT2D eigenvalue weighted by Gasteiger charge is 2.26. The van der Waals surface area contributed by atoms with E-state index in [0.717, 1.165) is 31.2 Å². The molecule has 0 spiro atoms. The Morgan fingerprint density at radius 1 is 1.18 bits per heavy atom. The summed E-state index contributed by atoms with van der Waals surface area (Å²) in [6.07, 6.45) is 6.56. The number of hydrogen-bond donors (Lipinski definition) is 1. The molecule has 4 nitrogen and oxygen atoms in total. The molecule has 0 aliphatic heterocycles. The number of fused-ring (bicyclic) bond motifs is 1. The van der Waals surface area contributed by atoms with Gasteiger partial charge in [-0.2, -0.15) is 0 Å². The van der Waals surface area contributed by atoms with Gasteiger partial charge in [0.2, 0.25) is 5.91 Å². The third-order valence-electron chi connectivity index (χ3n) is 3.91. The van der Waals surface area contributed by atoms with E-state index in [1.165, 1.54) is 17.7 Å². The number of ether oxygens (including phenoxy) is 1. The molecule has 1 aliphatic carbocycles. The number of esters is 1. The van der Waals surface area contributed by atoms with Crippen LogP contribution < -0.4 is 5.32 Å². The summed E-state index contributed by atoms with van der Waals surface area (Å²) < 4.78 is 5.22. The Labute approximate surface area is 136 Å². The van der Waals surface area contributed by atoms with Crippen molar-refractivity contribution in [2.24, 2.45) is 5.92 Å². The third kappa shape index (κ3) is 3.88. The van der Waals surface area contributed by atoms with Crippen LogP contribution in [0.3, 0.4) is 0 Å². The highest BCUT2D eigenvalue weighted by molar-refractivity contribution is 7.17. The normalized spacial score (nSPS) is 14.9. The minimum absolute atomic E-state index is 0.0558. The Balaban J connectivity index is 2.39. The van der Waals surface area contributed by atoms with E-state index in [-0.39, 0.29) is 17.8 Å². The standard InChI is InChI=1S/C17H25NO3S/c1-4-21-17(20)14-12-9-7-5-6-8-10-13(12)22-16(14)18-15(19)11(2)3/h11H,4-10H2,1-3H3,(H,18,19). The van der Waals surface area contributed by atoms with Gasteiger partial charge >= 0.3 is 5.97 Å². The van der Waals surface area contributed by atoms with E-state index < -0.39 is 0 Å². The fraction of sp³-hybridized carbons (Fsp3) is 0.647. The summed E-state index contributed by atoms with van der Waals surface area (Å²) in [5.74, 6) is -0.473. The fourth-order valence-corrected chi connectivity index (χ4v) is 3.96. The molecule has 2 rings (SSSR count). The smallest absolute Gasteiger partial charge is 0.341 e. The van der Waals surface area contributed by atoms with Crippen LogP contribution >= 0.6 is 11.3 Å². The second-order valence-electron chi connectivity index (χ2n) is 5.99. The molecule has 1 heterocycles. The van der Waals surface area contributed by atoms with Crippen molar-refractivity contribution in [2.45, 2.75) is 59.3 Å². The van der Waals surface area contributed by atoms with E-state index in [1.807, 2.05) is 13.8 Å². The molecule has 0 radical (unpaired) electrons. The zero-order chi connectivity index (χ0) is 16.1. The van der Waals surface area contributed by atoms with E-state index in [9.17, 15) is 9.59 Å². The highest BCUT2D eigenvalue weighted by atomic mass is 32.1. The van der Waals surface area contributed by atoms with Crippen LogP contribution in [-0.4, -0.2) is 18.5 Å². The number of nitrogens with one attached hydrogen (secondary N) is 1. The molecule has 1 N–H and O–H groups in total. The number of aryl methyl sites for hydroxylation is 1. The van der Waals surface area contributed by atoms with Gasteiger partial charge in [-0.05, 0) is 38.2 Å². The van der Waals surface area contributed by atoms with Crippen molar-refractivity contribution in [3.8, 4) is 0 Å². The lowest BCUT2D eigenvalue weighted by Gasteiger charge is -2.12. The number of carbonyl (C=O) groups is 2. The first kappa shape index (κ1) is 17.0. The van der Waals surface area contributed by atoms with E-state index in [2.05, 4.69) is 5.32 Å². The molecule has 22 heavy (non-hydrogen) atoms. The lowest BCUT2D eigenvalue weighted by molar-refractivity contribution is -0.118. The lowest BCUT2D eigenvalue weighted by atomic mass is 9.96. The number of amides is 1. The molecular formula is C17H25NO3S. The van der Waals surface area contributed by atoms with Crippen LogP contribution in [0.2, 0.25) is 0 Å². The molecule has 0 saturated heterocycles. The van der Waals surface area contributed by atoms with Gasteiger partial charge in [-0.3, -0.25) is 4.79 Å². The zero-order valence-electron chi connectivity index (χ0n) is 13.7. The minimum atomic E-state index is -0.306. The Morgan fingerprint density at radius 3 is 2.50 bits per heavy atom. The number of carbonyl (C=O) groups excluding carboxylic acids is 2. The van der Waals surface area contributed by atoms with Crippen LogP contribution in [0.1, 0.15) is 67.3 Å². The van der Waals surface area contributed by atoms with Crippen LogP contribution in [0.4, 0.5) is 5.00 Å². The van der Waals surface area contributed by atoms with Crippen LogP contribution in [0.5, 0.6) is 0 Å². The predicted molar refractivity (Wildman–Crippen MR) is 89.6 cm³/mol. The first-order chi connectivity index (χ1) is 10.5. The second kappa shape index (κ2) is 7.77. The maximum Gasteiger partial charge on any atom is 0.341 e. The maximum atomic E-state index is 12.4. The summed E-state index contributed by atoms with van der Waals surface area (Å²) >= 11 is 1.55. The van der Waals surface area contributed by atoms with Gasteiger partial charge < -0.3 is 10.1 Å². The van der Waals surface area contributed by atoms with Crippen molar-refractivity contribution < 1.29 is 14.3 Å². The van der Waals surface area contributed by atoms with Gasteiger partial charge in [0.1, 0.15) is 5.00 Å². The molecule has 0 aromatic carbocycles. The Kier molecular flexibility index (Phi) is 6.00. The third-order valence-corrected chi connectivity index (χ3v) is 5.12. The maximum absolute atomic E-state index is 12.4. The van der Waals surface area contributed by atoms with E-state index in [0.29, 0.717) is 17.2 Å². The fourth-order valence-electron chi connectivity index (χ4n) is 2.68. The van der Waals surface area contributed by atoms with Gasteiger partial charge in [-0.25, -0.2) is 4.79 Å². The molecule has 0 atom stereocenters. The molecule has 1 aromatic heterocycles. The molecule has 0 bridgehead atoms. The first-order valence-corrected chi connectivity index (χ1v) is 8.98. The molecule has 122 valence electrons. The topological polar surface area (TPSA) is 55.4 Å².